The Kier molecular flexibility index (Phi) is 12.3. The minimum Gasteiger partial charge on any atom is -0.491 e. The lowest BCUT2D eigenvalue weighted by molar-refractivity contribution is 0.112. The summed E-state index contributed by atoms with van der Waals surface area (Å²) in [6.45, 7) is 23.6. The molecule has 4 aromatic heterocycles. The molecule has 0 aliphatic carbocycles. The van der Waals surface area contributed by atoms with Crippen LogP contribution < -0.4 is 9.47 Å². The lowest BCUT2D eigenvalue weighted by Gasteiger charge is -2.19. The maximum Gasteiger partial charge on any atom is 0.163 e. The van der Waals surface area contributed by atoms with E-state index in [9.17, 15) is 4.79 Å². The van der Waals surface area contributed by atoms with Gasteiger partial charge in [0.2, 0.25) is 0 Å². The third-order valence-electron chi connectivity index (χ3n) is 9.64. The van der Waals surface area contributed by atoms with Crippen LogP contribution in [0.1, 0.15) is 140 Å². The number of unbranched alkanes of at least 4 members (excludes halogenated alkanes) is 2. The lowest BCUT2D eigenvalue weighted by Crippen LogP contribution is -2.12. The van der Waals surface area contributed by atoms with E-state index in [2.05, 4.69) is 81.4 Å². The van der Waals surface area contributed by atoms with Gasteiger partial charge in [-0.15, -0.1) is 45.3 Å². The van der Waals surface area contributed by atoms with E-state index in [-0.39, 0.29) is 21.5 Å². The van der Waals surface area contributed by atoms with Crippen molar-refractivity contribution < 1.29 is 18.7 Å². The van der Waals surface area contributed by atoms with Crippen LogP contribution in [0.2, 0.25) is 0 Å². The van der Waals surface area contributed by atoms with Gasteiger partial charge in [0, 0.05) is 30.8 Å². The number of rotatable bonds is 16. The third kappa shape index (κ3) is 7.93. The van der Waals surface area contributed by atoms with E-state index in [1.165, 1.54) is 41.9 Å². The maximum absolute atomic E-state index is 15.7. The summed E-state index contributed by atoms with van der Waals surface area (Å²) in [5.41, 5.74) is -0.280. The Morgan fingerprint density at radius 2 is 1.29 bits per heavy atom. The van der Waals surface area contributed by atoms with Gasteiger partial charge in [0.25, 0.3) is 0 Å². The summed E-state index contributed by atoms with van der Waals surface area (Å²) in [6, 6.07) is 4.60. The van der Waals surface area contributed by atoms with Crippen molar-refractivity contribution in [1.29, 1.82) is 0 Å². The van der Waals surface area contributed by atoms with Crippen LogP contribution in [0.3, 0.4) is 0 Å². The van der Waals surface area contributed by atoms with Crippen LogP contribution in [0.25, 0.3) is 40.0 Å². The number of thiophene rings is 4. The molecule has 0 amide bonds. The van der Waals surface area contributed by atoms with E-state index < -0.39 is 0 Å². The first kappa shape index (κ1) is 38.2. The van der Waals surface area contributed by atoms with Crippen molar-refractivity contribution in [2.45, 2.75) is 131 Å². The molecule has 268 valence electrons. The predicted octanol–water partition coefficient (Wildman–Crippen LogP) is 14.8. The van der Waals surface area contributed by atoms with Crippen LogP contribution in [0.15, 0.2) is 12.1 Å². The Bertz CT molecular complexity index is 1820. The molecule has 4 heterocycles. The highest BCUT2D eigenvalue weighted by atomic mass is 32.1. The molecular formula is C41H55FO3S4. The molecule has 0 bridgehead atoms. The molecule has 0 N–H and O–H groups in total. The summed E-state index contributed by atoms with van der Waals surface area (Å²) < 4.78 is 32.7. The number of aldehydes is 1. The van der Waals surface area contributed by atoms with Gasteiger partial charge in [-0.1, -0.05) is 108 Å². The summed E-state index contributed by atoms with van der Waals surface area (Å²) in [5, 5.41) is 2.81. The molecule has 8 heteroatoms. The summed E-state index contributed by atoms with van der Waals surface area (Å²) in [6.07, 6.45) is 9.93. The molecule has 5 aromatic rings. The van der Waals surface area contributed by atoms with Crippen molar-refractivity contribution >= 4 is 81.9 Å². The van der Waals surface area contributed by atoms with Crippen molar-refractivity contribution in [1.82, 2.24) is 0 Å². The Labute approximate surface area is 309 Å². The van der Waals surface area contributed by atoms with Crippen molar-refractivity contribution in [3.63, 3.8) is 0 Å². The molecule has 0 saturated carbocycles. The second-order valence-electron chi connectivity index (χ2n) is 15.7. The first-order chi connectivity index (χ1) is 23.3. The summed E-state index contributed by atoms with van der Waals surface area (Å²) in [4.78, 5) is 16.5. The van der Waals surface area contributed by atoms with Crippen molar-refractivity contribution in [3.05, 3.63) is 32.6 Å². The molecule has 0 spiro atoms. The van der Waals surface area contributed by atoms with Gasteiger partial charge in [-0.25, -0.2) is 4.39 Å². The molecular weight excluding hydrogens is 688 g/mol. The zero-order valence-electron chi connectivity index (χ0n) is 31.2. The molecule has 0 radical (unpaired) electrons. The third-order valence-corrected chi connectivity index (χ3v) is 15.4. The quantitative estimate of drug-likeness (QED) is 0.0945. The van der Waals surface area contributed by atoms with Crippen LogP contribution >= 0.6 is 45.3 Å². The van der Waals surface area contributed by atoms with E-state index >= 15 is 4.39 Å². The topological polar surface area (TPSA) is 35.5 Å². The highest BCUT2D eigenvalue weighted by molar-refractivity contribution is 7.31. The van der Waals surface area contributed by atoms with Crippen LogP contribution in [0.4, 0.5) is 4.39 Å². The zero-order valence-corrected chi connectivity index (χ0v) is 34.5. The molecule has 0 saturated heterocycles. The second-order valence-corrected chi connectivity index (χ2v) is 19.9. The first-order valence-corrected chi connectivity index (χ1v) is 21.5. The summed E-state index contributed by atoms with van der Waals surface area (Å²) >= 11 is 6.48. The van der Waals surface area contributed by atoms with Crippen LogP contribution in [0.5, 0.6) is 11.5 Å². The zero-order chi connectivity index (χ0) is 35.7. The molecule has 2 unspecified atom stereocenters. The van der Waals surface area contributed by atoms with E-state index in [4.69, 9.17) is 9.47 Å². The number of hydrogen-bond acceptors (Lipinski definition) is 7. The Morgan fingerprint density at radius 1 is 0.735 bits per heavy atom. The van der Waals surface area contributed by atoms with Crippen molar-refractivity contribution in [2.24, 2.45) is 11.8 Å². The van der Waals surface area contributed by atoms with Gasteiger partial charge in [0.1, 0.15) is 16.4 Å². The molecule has 0 aliphatic rings. The number of benzene rings is 1. The van der Waals surface area contributed by atoms with Crippen molar-refractivity contribution in [3.8, 4) is 21.3 Å². The fourth-order valence-corrected chi connectivity index (χ4v) is 11.5. The van der Waals surface area contributed by atoms with Gasteiger partial charge < -0.3 is 9.47 Å². The smallest absolute Gasteiger partial charge is 0.163 e. The number of carbonyl (C=O) groups excluding carboxylic acids is 1. The van der Waals surface area contributed by atoms with E-state index in [1.54, 1.807) is 22.7 Å². The summed E-state index contributed by atoms with van der Waals surface area (Å²) in [5.74, 6) is 2.49. The number of fused-ring (bicyclic) bond motifs is 3. The van der Waals surface area contributed by atoms with E-state index in [0.29, 0.717) is 36.7 Å². The minimum atomic E-state index is -0.387. The molecule has 49 heavy (non-hydrogen) atoms. The van der Waals surface area contributed by atoms with Gasteiger partial charge in [-0.3, -0.25) is 4.79 Å². The van der Waals surface area contributed by atoms with E-state index in [0.717, 1.165) is 76.7 Å². The van der Waals surface area contributed by atoms with Crippen LogP contribution in [-0.2, 0) is 10.8 Å². The van der Waals surface area contributed by atoms with Gasteiger partial charge in [-0.05, 0) is 47.6 Å². The number of ether oxygens (including phenoxy) is 2. The standard InChI is InChI=1S/C41H55FO3S4/c1-11-15-17-24(13-3)22-44-33-26-19-28(37-38-31(32(42)29(21-43)47-38)39(49-37)41(8,9)10)46-35(26)34(45-23-25(14-4)18-16-12-2)27-20-30(40(5,6)7)48-36(27)33/h19-21,24-25H,11-18,22-23H2,1-10H3. The monoisotopic (exact) mass is 742 g/mol. The van der Waals surface area contributed by atoms with E-state index in [1.807, 2.05) is 11.3 Å². The van der Waals surface area contributed by atoms with Gasteiger partial charge in [0.05, 0.1) is 32.2 Å². The summed E-state index contributed by atoms with van der Waals surface area (Å²) in [7, 11) is 0. The first-order valence-electron chi connectivity index (χ1n) is 18.3. The average Bonchev–Trinajstić information content (AvgIpc) is 3.83. The highest BCUT2D eigenvalue weighted by Crippen LogP contribution is 2.56. The lowest BCUT2D eigenvalue weighted by atomic mass is 9.92. The largest absolute Gasteiger partial charge is 0.491 e. The van der Waals surface area contributed by atoms with Crippen molar-refractivity contribution in [2.75, 3.05) is 13.2 Å². The molecule has 3 nitrogen and oxygen atoms in total. The number of carbonyl (C=O) groups is 1. The Hall–Kier alpha value is -2.00. The highest BCUT2D eigenvalue weighted by Gasteiger charge is 2.31. The molecule has 5 rings (SSSR count). The average molecular weight is 743 g/mol. The normalized spacial score (nSPS) is 13.9. The van der Waals surface area contributed by atoms with Crippen LogP contribution in [-0.4, -0.2) is 19.5 Å². The van der Waals surface area contributed by atoms with Gasteiger partial charge in [0.15, 0.2) is 12.1 Å². The molecule has 0 fully saturated rings. The Balaban J connectivity index is 1.77. The molecule has 0 aliphatic heterocycles. The molecule has 2 atom stereocenters. The predicted molar refractivity (Wildman–Crippen MR) is 216 cm³/mol. The SMILES string of the molecule is CCCCC(CC)COc1c2cc(C(C)(C)C)sc2c(OCC(CC)CCCC)c2cc(-c3sc(C(C)(C)C)c4c(F)c(C=O)sc34)sc12. The number of hydrogen-bond donors (Lipinski definition) is 0. The number of halogens is 1. The Morgan fingerprint density at radius 3 is 1.78 bits per heavy atom. The van der Waals surface area contributed by atoms with Crippen LogP contribution in [0, 0.1) is 17.7 Å². The van der Waals surface area contributed by atoms with Gasteiger partial charge >= 0.3 is 0 Å². The molecule has 1 aromatic carbocycles. The maximum atomic E-state index is 15.7. The fourth-order valence-electron chi connectivity index (χ4n) is 6.42. The second kappa shape index (κ2) is 15.7. The fraction of sp³-hybridized carbons (Fsp3) is 0.585. The minimum absolute atomic E-state index is 0.0115. The van der Waals surface area contributed by atoms with Gasteiger partial charge in [-0.2, -0.15) is 0 Å².